The van der Waals surface area contributed by atoms with E-state index in [1.165, 1.54) is 0 Å². The third kappa shape index (κ3) is 1.68. The van der Waals surface area contributed by atoms with E-state index >= 15 is 0 Å². The van der Waals surface area contributed by atoms with Crippen LogP contribution in [-0.4, -0.2) is 28.7 Å². The van der Waals surface area contributed by atoms with E-state index in [1.54, 1.807) is 0 Å². The van der Waals surface area contributed by atoms with E-state index in [0.29, 0.717) is 12.8 Å². The zero-order valence-electron chi connectivity index (χ0n) is 5.79. The molecule has 1 unspecified atom stereocenters. The van der Waals surface area contributed by atoms with E-state index in [1.807, 2.05) is 0 Å². The quantitative estimate of drug-likeness (QED) is 0.346. The number of hydrogen-bond acceptors (Lipinski definition) is 3. The Kier molecular flexibility index (Phi) is 2.24. The maximum Gasteiger partial charge on any atom is 0.236 e. The van der Waals surface area contributed by atoms with Crippen molar-refractivity contribution < 1.29 is 9.90 Å². The fourth-order valence-electron chi connectivity index (χ4n) is 1.05. The molecule has 3 N–H and O–H groups in total. The van der Waals surface area contributed by atoms with E-state index in [2.05, 4.69) is 0 Å². The molecule has 58 valence electrons. The van der Waals surface area contributed by atoms with Crippen molar-refractivity contribution in [3.63, 3.8) is 0 Å². The number of hydrogen-bond donors (Lipinski definition) is 2. The highest BCUT2D eigenvalue weighted by Crippen LogP contribution is 2.08. The van der Waals surface area contributed by atoms with Gasteiger partial charge in [-0.15, -0.1) is 0 Å². The van der Waals surface area contributed by atoms with Crippen LogP contribution in [0.4, 0.5) is 0 Å². The largest absolute Gasteiger partial charge is 0.391 e. The van der Waals surface area contributed by atoms with Gasteiger partial charge in [-0.3, -0.25) is 9.80 Å². The Morgan fingerprint density at radius 2 is 2.40 bits per heavy atom. The van der Waals surface area contributed by atoms with Crippen molar-refractivity contribution in [3.8, 4) is 0 Å². The fraction of sp³-hybridized carbons (Fsp3) is 0.833. The normalized spacial score (nSPS) is 28.4. The summed E-state index contributed by atoms with van der Waals surface area (Å²) in [7, 11) is 0. The molecule has 0 radical (unpaired) electrons. The van der Waals surface area contributed by atoms with Crippen LogP contribution in [0.3, 0.4) is 0 Å². The smallest absolute Gasteiger partial charge is 0.236 e. The predicted molar refractivity (Wildman–Crippen MR) is 35.8 cm³/mol. The van der Waals surface area contributed by atoms with Gasteiger partial charge in [-0.2, -0.15) is 0 Å². The molecule has 1 amide bonds. The Hall–Kier alpha value is -0.610. The average molecular weight is 144 g/mol. The summed E-state index contributed by atoms with van der Waals surface area (Å²) in [6.45, 7) is 0.277. The summed E-state index contributed by atoms with van der Waals surface area (Å²) < 4.78 is 0. The van der Waals surface area contributed by atoms with Crippen LogP contribution >= 0.6 is 0 Å². The maximum absolute atomic E-state index is 10.8. The Balaban J connectivity index is 2.49. The third-order valence-electron chi connectivity index (χ3n) is 1.66. The van der Waals surface area contributed by atoms with Crippen LogP contribution in [0.1, 0.15) is 19.3 Å². The minimum Gasteiger partial charge on any atom is -0.391 e. The van der Waals surface area contributed by atoms with Crippen molar-refractivity contribution in [3.05, 3.63) is 0 Å². The van der Waals surface area contributed by atoms with Crippen LogP contribution in [0.25, 0.3) is 0 Å². The molecule has 1 fully saturated rings. The van der Waals surface area contributed by atoms with Gasteiger partial charge in [-0.05, 0) is 12.8 Å². The van der Waals surface area contributed by atoms with E-state index in [4.69, 9.17) is 10.9 Å². The second-order valence-corrected chi connectivity index (χ2v) is 2.59. The summed E-state index contributed by atoms with van der Waals surface area (Å²) >= 11 is 0. The highest BCUT2D eigenvalue weighted by Gasteiger charge is 2.18. The Morgan fingerprint density at radius 3 is 3.10 bits per heavy atom. The van der Waals surface area contributed by atoms with Gasteiger partial charge in [-0.25, -0.2) is 5.84 Å². The molecule has 0 saturated carbocycles. The summed E-state index contributed by atoms with van der Waals surface area (Å²) in [5, 5.41) is 10.2. The second kappa shape index (κ2) is 2.98. The lowest BCUT2D eigenvalue weighted by Crippen LogP contribution is -2.40. The zero-order valence-corrected chi connectivity index (χ0v) is 5.79. The van der Waals surface area contributed by atoms with Gasteiger partial charge in [0.1, 0.15) is 0 Å². The van der Waals surface area contributed by atoms with Gasteiger partial charge in [0.25, 0.3) is 0 Å². The van der Waals surface area contributed by atoms with Gasteiger partial charge in [0.15, 0.2) is 0 Å². The molecule has 0 spiro atoms. The number of aliphatic hydroxyl groups excluding tert-OH is 1. The number of aliphatic hydroxyl groups is 1. The third-order valence-corrected chi connectivity index (χ3v) is 1.66. The second-order valence-electron chi connectivity index (χ2n) is 2.59. The Bertz CT molecular complexity index is 138. The van der Waals surface area contributed by atoms with Crippen molar-refractivity contribution in [1.82, 2.24) is 5.01 Å². The molecular weight excluding hydrogens is 132 g/mol. The van der Waals surface area contributed by atoms with Crippen LogP contribution in [-0.2, 0) is 4.79 Å². The SMILES string of the molecule is NN1CC(O)CCCC1=O. The first-order valence-corrected chi connectivity index (χ1v) is 3.43. The van der Waals surface area contributed by atoms with Crippen molar-refractivity contribution in [2.45, 2.75) is 25.4 Å². The number of β-amino-alcohol motifs (C(OH)–C–C–N with tert-alkyl or cyclic N) is 1. The van der Waals surface area contributed by atoms with E-state index in [0.717, 1.165) is 11.4 Å². The van der Waals surface area contributed by atoms with Crippen molar-refractivity contribution in [2.75, 3.05) is 6.54 Å². The van der Waals surface area contributed by atoms with Crippen LogP contribution in [0.15, 0.2) is 0 Å². The topological polar surface area (TPSA) is 66.6 Å². The maximum atomic E-state index is 10.8. The first-order valence-electron chi connectivity index (χ1n) is 3.43. The van der Waals surface area contributed by atoms with Gasteiger partial charge in [0, 0.05) is 6.42 Å². The van der Waals surface area contributed by atoms with Gasteiger partial charge in [0.05, 0.1) is 12.6 Å². The van der Waals surface area contributed by atoms with E-state index < -0.39 is 6.10 Å². The molecule has 1 heterocycles. The minimum absolute atomic E-state index is 0.0726. The summed E-state index contributed by atoms with van der Waals surface area (Å²) in [5.41, 5.74) is 0. The van der Waals surface area contributed by atoms with Crippen molar-refractivity contribution in [2.24, 2.45) is 5.84 Å². The van der Waals surface area contributed by atoms with Gasteiger partial charge in [-0.1, -0.05) is 0 Å². The number of nitrogens with zero attached hydrogens (tertiary/aromatic N) is 1. The summed E-state index contributed by atoms with van der Waals surface area (Å²) in [4.78, 5) is 10.8. The fourth-order valence-corrected chi connectivity index (χ4v) is 1.05. The van der Waals surface area contributed by atoms with Gasteiger partial charge in [0.2, 0.25) is 5.91 Å². The molecule has 0 aromatic rings. The zero-order chi connectivity index (χ0) is 7.56. The average Bonchev–Trinajstić information content (AvgIpc) is 1.96. The monoisotopic (exact) mass is 144 g/mol. The Labute approximate surface area is 59.6 Å². The molecule has 1 aliphatic heterocycles. The van der Waals surface area contributed by atoms with Crippen molar-refractivity contribution in [1.29, 1.82) is 0 Å². The van der Waals surface area contributed by atoms with Crippen LogP contribution in [0.2, 0.25) is 0 Å². The van der Waals surface area contributed by atoms with Crippen molar-refractivity contribution >= 4 is 5.91 Å². The van der Waals surface area contributed by atoms with Gasteiger partial charge >= 0.3 is 0 Å². The molecule has 0 aromatic carbocycles. The molecule has 0 aliphatic carbocycles. The molecule has 0 aromatic heterocycles. The van der Waals surface area contributed by atoms with E-state index in [9.17, 15) is 4.79 Å². The number of hydrazine groups is 1. The molecular formula is C6H12N2O2. The molecule has 0 bridgehead atoms. The first kappa shape index (κ1) is 7.50. The molecule has 1 aliphatic rings. The number of carbonyl (C=O) groups is 1. The minimum atomic E-state index is -0.434. The molecule has 1 saturated heterocycles. The molecule has 4 heteroatoms. The number of nitrogens with two attached hydrogens (primary N) is 1. The number of amides is 1. The standard InChI is InChI=1S/C6H12N2O2/c7-8-4-5(9)2-1-3-6(8)10/h5,9H,1-4,7H2. The number of carbonyl (C=O) groups excluding carboxylic acids is 1. The number of rotatable bonds is 0. The summed E-state index contributed by atoms with van der Waals surface area (Å²) in [6.07, 6.45) is 1.46. The molecule has 4 nitrogen and oxygen atoms in total. The highest BCUT2D eigenvalue weighted by atomic mass is 16.3. The lowest BCUT2D eigenvalue weighted by Gasteiger charge is -2.14. The van der Waals surface area contributed by atoms with Crippen LogP contribution < -0.4 is 5.84 Å². The molecule has 1 atom stereocenters. The van der Waals surface area contributed by atoms with E-state index in [-0.39, 0.29) is 12.5 Å². The predicted octanol–water partition coefficient (Wildman–Crippen LogP) is -0.767. The highest BCUT2D eigenvalue weighted by molar-refractivity contribution is 5.75. The van der Waals surface area contributed by atoms with Crippen LogP contribution in [0, 0.1) is 0 Å². The first-order chi connectivity index (χ1) is 4.70. The van der Waals surface area contributed by atoms with Gasteiger partial charge < -0.3 is 5.11 Å². The Morgan fingerprint density at radius 1 is 1.70 bits per heavy atom. The summed E-state index contributed by atoms with van der Waals surface area (Å²) in [6, 6.07) is 0. The summed E-state index contributed by atoms with van der Waals surface area (Å²) in [5.74, 6) is 5.22. The lowest BCUT2D eigenvalue weighted by atomic mass is 10.2. The molecule has 1 rings (SSSR count). The molecule has 10 heavy (non-hydrogen) atoms. The van der Waals surface area contributed by atoms with Crippen LogP contribution in [0.5, 0.6) is 0 Å². The lowest BCUT2D eigenvalue weighted by molar-refractivity contribution is -0.131.